The van der Waals surface area contributed by atoms with Gasteiger partial charge in [0.15, 0.2) is 0 Å². The fourth-order valence-corrected chi connectivity index (χ4v) is 3.20. The van der Waals surface area contributed by atoms with Gasteiger partial charge in [-0.05, 0) is 42.0 Å². The molecule has 0 spiro atoms. The molecule has 3 rings (SSSR count). The summed E-state index contributed by atoms with van der Waals surface area (Å²) in [5.41, 5.74) is 1.50. The molecule has 6 heteroatoms. The zero-order valence-corrected chi connectivity index (χ0v) is 15.2. The van der Waals surface area contributed by atoms with Crippen LogP contribution in [0, 0.1) is 0 Å². The molecule has 1 atom stereocenters. The van der Waals surface area contributed by atoms with Crippen molar-refractivity contribution in [2.75, 3.05) is 32.7 Å². The molecular formula is C19H20Cl2N2O2. The largest absolute Gasteiger partial charge is 0.387 e. The third-order valence-electron chi connectivity index (χ3n) is 4.44. The monoisotopic (exact) mass is 378 g/mol. The van der Waals surface area contributed by atoms with Crippen LogP contribution >= 0.6 is 23.2 Å². The molecule has 2 aromatic carbocycles. The van der Waals surface area contributed by atoms with E-state index in [-0.39, 0.29) is 5.91 Å². The molecule has 2 aromatic rings. The van der Waals surface area contributed by atoms with Gasteiger partial charge < -0.3 is 10.0 Å². The number of hydrogen-bond donors (Lipinski definition) is 1. The van der Waals surface area contributed by atoms with Crippen LogP contribution < -0.4 is 0 Å². The number of aliphatic hydroxyl groups excluding tert-OH is 1. The summed E-state index contributed by atoms with van der Waals surface area (Å²) < 4.78 is 0. The first-order valence-corrected chi connectivity index (χ1v) is 8.99. The average Bonchev–Trinajstić information content (AvgIpc) is 2.63. The lowest BCUT2D eigenvalue weighted by Crippen LogP contribution is -2.49. The van der Waals surface area contributed by atoms with E-state index in [4.69, 9.17) is 23.2 Å². The Morgan fingerprint density at radius 2 is 1.44 bits per heavy atom. The Bertz CT molecular complexity index is 711. The van der Waals surface area contributed by atoms with Crippen molar-refractivity contribution < 1.29 is 9.90 Å². The van der Waals surface area contributed by atoms with Crippen molar-refractivity contribution >= 4 is 29.1 Å². The number of carbonyl (C=O) groups excluding carboxylic acids is 1. The first kappa shape index (κ1) is 18.2. The van der Waals surface area contributed by atoms with Gasteiger partial charge in [-0.2, -0.15) is 0 Å². The number of β-amino-alcohol motifs (C(OH)–C–C–N with tert-alkyl or cyclic N) is 1. The SMILES string of the molecule is O=C(c1ccc(Cl)cc1)N1CCN(CC(O)c2ccc(Cl)cc2)CC1. The standard InChI is InChI=1S/C19H20Cl2N2O2/c20-16-5-1-14(2-6-16)18(24)13-22-9-11-23(12-10-22)19(25)15-3-7-17(21)8-4-15/h1-8,18,24H,9-13H2. The van der Waals surface area contributed by atoms with Crippen LogP contribution in [-0.4, -0.2) is 53.5 Å². The van der Waals surface area contributed by atoms with Crippen LogP contribution in [0.4, 0.5) is 0 Å². The fourth-order valence-electron chi connectivity index (χ4n) is 2.94. The van der Waals surface area contributed by atoms with E-state index in [0.717, 1.165) is 18.7 Å². The Balaban J connectivity index is 1.52. The molecule has 1 heterocycles. The number of hydrogen-bond acceptors (Lipinski definition) is 3. The maximum Gasteiger partial charge on any atom is 0.253 e. The molecule has 1 amide bonds. The minimum Gasteiger partial charge on any atom is -0.387 e. The molecule has 1 aliphatic rings. The van der Waals surface area contributed by atoms with Crippen molar-refractivity contribution in [3.63, 3.8) is 0 Å². The van der Waals surface area contributed by atoms with Crippen molar-refractivity contribution in [1.82, 2.24) is 9.80 Å². The topological polar surface area (TPSA) is 43.8 Å². The lowest BCUT2D eigenvalue weighted by Gasteiger charge is -2.35. The Morgan fingerprint density at radius 1 is 0.920 bits per heavy atom. The molecule has 1 unspecified atom stereocenters. The Kier molecular flexibility index (Phi) is 5.97. The fraction of sp³-hybridized carbons (Fsp3) is 0.316. The summed E-state index contributed by atoms with van der Waals surface area (Å²) in [6.07, 6.45) is -0.559. The molecule has 0 saturated carbocycles. The summed E-state index contributed by atoms with van der Waals surface area (Å²) in [5.74, 6) is 0.0227. The normalized spacial score (nSPS) is 16.7. The van der Waals surface area contributed by atoms with Gasteiger partial charge >= 0.3 is 0 Å². The van der Waals surface area contributed by atoms with Crippen LogP contribution in [0.2, 0.25) is 10.0 Å². The minimum absolute atomic E-state index is 0.0227. The smallest absolute Gasteiger partial charge is 0.253 e. The molecular weight excluding hydrogens is 359 g/mol. The lowest BCUT2D eigenvalue weighted by atomic mass is 10.1. The van der Waals surface area contributed by atoms with Gasteiger partial charge in [0.2, 0.25) is 0 Å². The van der Waals surface area contributed by atoms with Gasteiger partial charge in [0, 0.05) is 48.3 Å². The molecule has 1 saturated heterocycles. The van der Waals surface area contributed by atoms with E-state index in [1.807, 2.05) is 17.0 Å². The number of nitrogens with zero attached hydrogens (tertiary/aromatic N) is 2. The maximum atomic E-state index is 12.5. The number of rotatable bonds is 4. The van der Waals surface area contributed by atoms with Gasteiger partial charge in [-0.1, -0.05) is 35.3 Å². The summed E-state index contributed by atoms with van der Waals surface area (Å²) in [6, 6.07) is 14.2. The Morgan fingerprint density at radius 3 is 2.00 bits per heavy atom. The molecule has 25 heavy (non-hydrogen) atoms. The highest BCUT2D eigenvalue weighted by molar-refractivity contribution is 6.30. The van der Waals surface area contributed by atoms with Crippen LogP contribution in [0.5, 0.6) is 0 Å². The average molecular weight is 379 g/mol. The highest BCUT2D eigenvalue weighted by Gasteiger charge is 2.23. The molecule has 0 aromatic heterocycles. The predicted molar refractivity (Wildman–Crippen MR) is 100 cm³/mol. The van der Waals surface area contributed by atoms with E-state index < -0.39 is 6.10 Å². The highest BCUT2D eigenvalue weighted by atomic mass is 35.5. The molecule has 1 N–H and O–H groups in total. The van der Waals surface area contributed by atoms with E-state index in [9.17, 15) is 9.90 Å². The van der Waals surface area contributed by atoms with Gasteiger partial charge in [0.1, 0.15) is 0 Å². The maximum absolute atomic E-state index is 12.5. The summed E-state index contributed by atoms with van der Waals surface area (Å²) in [7, 11) is 0. The summed E-state index contributed by atoms with van der Waals surface area (Å²) in [6.45, 7) is 3.32. The Labute approximate surface area is 157 Å². The van der Waals surface area contributed by atoms with Crippen LogP contribution in [-0.2, 0) is 0 Å². The second-order valence-corrected chi connectivity index (χ2v) is 7.04. The third-order valence-corrected chi connectivity index (χ3v) is 4.94. The summed E-state index contributed by atoms with van der Waals surface area (Å²) in [5, 5.41) is 11.6. The van der Waals surface area contributed by atoms with Crippen molar-refractivity contribution in [3.8, 4) is 0 Å². The molecule has 0 bridgehead atoms. The number of amides is 1. The first-order chi connectivity index (χ1) is 12.0. The van der Waals surface area contributed by atoms with Gasteiger partial charge in [-0.15, -0.1) is 0 Å². The van der Waals surface area contributed by atoms with Crippen molar-refractivity contribution in [1.29, 1.82) is 0 Å². The second-order valence-electron chi connectivity index (χ2n) is 6.17. The molecule has 1 aliphatic heterocycles. The third kappa shape index (κ3) is 4.73. The van der Waals surface area contributed by atoms with Gasteiger partial charge in [-0.3, -0.25) is 9.69 Å². The first-order valence-electron chi connectivity index (χ1n) is 8.23. The quantitative estimate of drug-likeness (QED) is 0.885. The van der Waals surface area contributed by atoms with E-state index in [1.54, 1.807) is 36.4 Å². The number of aliphatic hydroxyl groups is 1. The second kappa shape index (κ2) is 8.19. The van der Waals surface area contributed by atoms with Crippen molar-refractivity contribution in [3.05, 3.63) is 69.7 Å². The summed E-state index contributed by atoms with van der Waals surface area (Å²) >= 11 is 11.7. The number of piperazine rings is 1. The lowest BCUT2D eigenvalue weighted by molar-refractivity contribution is 0.0527. The molecule has 1 fully saturated rings. The molecule has 132 valence electrons. The van der Waals surface area contributed by atoms with E-state index in [0.29, 0.717) is 35.2 Å². The van der Waals surface area contributed by atoms with Crippen LogP contribution in [0.15, 0.2) is 48.5 Å². The summed E-state index contributed by atoms with van der Waals surface area (Å²) in [4.78, 5) is 16.5. The van der Waals surface area contributed by atoms with Crippen molar-refractivity contribution in [2.24, 2.45) is 0 Å². The van der Waals surface area contributed by atoms with E-state index in [1.165, 1.54) is 0 Å². The predicted octanol–water partition coefficient (Wildman–Crippen LogP) is 3.48. The van der Waals surface area contributed by atoms with E-state index >= 15 is 0 Å². The zero-order chi connectivity index (χ0) is 17.8. The molecule has 4 nitrogen and oxygen atoms in total. The van der Waals surface area contributed by atoms with Gasteiger partial charge in [-0.25, -0.2) is 0 Å². The molecule has 0 aliphatic carbocycles. The zero-order valence-electron chi connectivity index (χ0n) is 13.7. The minimum atomic E-state index is -0.559. The highest BCUT2D eigenvalue weighted by Crippen LogP contribution is 2.19. The van der Waals surface area contributed by atoms with E-state index in [2.05, 4.69) is 4.90 Å². The van der Waals surface area contributed by atoms with Gasteiger partial charge in [0.25, 0.3) is 5.91 Å². The van der Waals surface area contributed by atoms with Crippen LogP contribution in [0.25, 0.3) is 0 Å². The number of carbonyl (C=O) groups is 1. The van der Waals surface area contributed by atoms with Crippen LogP contribution in [0.3, 0.4) is 0 Å². The van der Waals surface area contributed by atoms with Crippen LogP contribution in [0.1, 0.15) is 22.0 Å². The number of benzene rings is 2. The van der Waals surface area contributed by atoms with Crippen molar-refractivity contribution in [2.45, 2.75) is 6.10 Å². The molecule has 0 radical (unpaired) electrons. The number of halogens is 2. The van der Waals surface area contributed by atoms with Gasteiger partial charge in [0.05, 0.1) is 6.10 Å². The Hall–Kier alpha value is -1.59.